The first kappa shape index (κ1) is 14.6. The molecule has 0 bridgehead atoms. The fourth-order valence-electron chi connectivity index (χ4n) is 2.98. The molecule has 0 unspecified atom stereocenters. The van der Waals surface area contributed by atoms with Gasteiger partial charge in [0.1, 0.15) is 5.82 Å². The van der Waals surface area contributed by atoms with E-state index in [2.05, 4.69) is 4.98 Å². The number of piperidine rings is 1. The second kappa shape index (κ2) is 5.79. The van der Waals surface area contributed by atoms with Crippen molar-refractivity contribution < 1.29 is 19.1 Å². The molecule has 2 N–H and O–H groups in total. The summed E-state index contributed by atoms with van der Waals surface area (Å²) in [4.78, 5) is 28.1. The van der Waals surface area contributed by atoms with E-state index in [1.54, 1.807) is 17.2 Å². The Morgan fingerprint density at radius 1 is 1.41 bits per heavy atom. The fourth-order valence-corrected chi connectivity index (χ4v) is 2.98. The number of aromatic amines is 1. The Hall–Kier alpha value is -2.37. The largest absolute Gasteiger partial charge is 0.481 e. The number of hydrogen-bond acceptors (Lipinski definition) is 2. The second-order valence-corrected chi connectivity index (χ2v) is 5.70. The Bertz CT molecular complexity index is 725. The molecule has 0 spiro atoms. The zero-order valence-corrected chi connectivity index (χ0v) is 12.0. The molecular formula is C16H17FN2O3. The summed E-state index contributed by atoms with van der Waals surface area (Å²) in [5.74, 6) is -1.80. The summed E-state index contributed by atoms with van der Waals surface area (Å²) >= 11 is 0. The summed E-state index contributed by atoms with van der Waals surface area (Å²) in [6.07, 6.45) is 3.17. The van der Waals surface area contributed by atoms with Crippen molar-refractivity contribution in [2.45, 2.75) is 19.3 Å². The van der Waals surface area contributed by atoms with E-state index in [9.17, 15) is 14.0 Å². The van der Waals surface area contributed by atoms with Crippen LogP contribution in [0.1, 0.15) is 18.4 Å². The predicted octanol–water partition coefficient (Wildman–Crippen LogP) is 2.17. The van der Waals surface area contributed by atoms with E-state index in [0.717, 1.165) is 11.1 Å². The maximum Gasteiger partial charge on any atom is 0.308 e. The third-order valence-corrected chi connectivity index (χ3v) is 4.19. The van der Waals surface area contributed by atoms with Crippen molar-refractivity contribution in [3.63, 3.8) is 0 Å². The van der Waals surface area contributed by atoms with Gasteiger partial charge >= 0.3 is 5.97 Å². The van der Waals surface area contributed by atoms with Crippen LogP contribution in [-0.4, -0.2) is 40.0 Å². The third-order valence-electron chi connectivity index (χ3n) is 4.19. The first-order valence-corrected chi connectivity index (χ1v) is 7.30. The van der Waals surface area contributed by atoms with Crippen molar-refractivity contribution >= 4 is 22.8 Å². The number of H-pyrrole nitrogens is 1. The van der Waals surface area contributed by atoms with E-state index in [-0.39, 0.29) is 24.7 Å². The Labute approximate surface area is 126 Å². The number of likely N-dealkylation sites (tertiary alicyclic amines) is 1. The monoisotopic (exact) mass is 304 g/mol. The number of carboxylic acid groups (broad SMARTS) is 1. The van der Waals surface area contributed by atoms with Crippen LogP contribution in [-0.2, 0) is 16.0 Å². The van der Waals surface area contributed by atoms with E-state index >= 15 is 0 Å². The van der Waals surface area contributed by atoms with E-state index < -0.39 is 11.9 Å². The van der Waals surface area contributed by atoms with Crippen molar-refractivity contribution in [3.8, 4) is 0 Å². The lowest BCUT2D eigenvalue weighted by Gasteiger charge is -2.30. The number of fused-ring (bicyclic) bond motifs is 1. The maximum absolute atomic E-state index is 13.4. The molecular weight excluding hydrogens is 287 g/mol. The van der Waals surface area contributed by atoms with Crippen LogP contribution >= 0.6 is 0 Å². The molecule has 2 heterocycles. The summed E-state index contributed by atoms with van der Waals surface area (Å²) in [6, 6.07) is 4.41. The molecule has 0 aliphatic carbocycles. The minimum atomic E-state index is -0.855. The molecule has 1 atom stereocenters. The van der Waals surface area contributed by atoms with Gasteiger partial charge < -0.3 is 15.0 Å². The summed E-state index contributed by atoms with van der Waals surface area (Å²) in [5.41, 5.74) is 1.52. The van der Waals surface area contributed by atoms with Crippen LogP contribution in [0.15, 0.2) is 24.4 Å². The van der Waals surface area contributed by atoms with Crippen LogP contribution in [0.2, 0.25) is 0 Å². The van der Waals surface area contributed by atoms with Crippen LogP contribution in [0.5, 0.6) is 0 Å². The summed E-state index contributed by atoms with van der Waals surface area (Å²) in [7, 11) is 0. The molecule has 1 fully saturated rings. The molecule has 1 aromatic heterocycles. The molecule has 5 nitrogen and oxygen atoms in total. The third kappa shape index (κ3) is 2.81. The number of rotatable bonds is 3. The van der Waals surface area contributed by atoms with E-state index in [1.165, 1.54) is 12.1 Å². The number of halogens is 1. The number of benzene rings is 1. The zero-order valence-electron chi connectivity index (χ0n) is 12.0. The number of carboxylic acids is 1. The second-order valence-electron chi connectivity index (χ2n) is 5.70. The van der Waals surface area contributed by atoms with Crippen molar-refractivity contribution in [2.75, 3.05) is 13.1 Å². The maximum atomic E-state index is 13.4. The van der Waals surface area contributed by atoms with E-state index in [1.807, 2.05) is 0 Å². The molecule has 22 heavy (non-hydrogen) atoms. The number of nitrogens with one attached hydrogen (secondary N) is 1. The first-order valence-electron chi connectivity index (χ1n) is 7.30. The molecule has 1 aliphatic rings. The molecule has 2 aromatic rings. The quantitative estimate of drug-likeness (QED) is 0.912. The summed E-state index contributed by atoms with van der Waals surface area (Å²) < 4.78 is 13.4. The molecule has 1 aromatic carbocycles. The zero-order chi connectivity index (χ0) is 15.7. The SMILES string of the molecule is O=C(O)[C@H]1CCCN(C(=O)Cc2c[nH]c3ccc(F)cc23)C1. The summed E-state index contributed by atoms with van der Waals surface area (Å²) in [5, 5.41) is 9.78. The fraction of sp³-hybridized carbons (Fsp3) is 0.375. The normalized spacial score (nSPS) is 18.6. The lowest BCUT2D eigenvalue weighted by atomic mass is 9.97. The molecule has 1 saturated heterocycles. The number of nitrogens with zero attached hydrogens (tertiary/aromatic N) is 1. The van der Waals surface area contributed by atoms with E-state index in [0.29, 0.717) is 24.8 Å². The van der Waals surface area contributed by atoms with Gasteiger partial charge in [0, 0.05) is 30.2 Å². The Morgan fingerprint density at radius 3 is 3.00 bits per heavy atom. The van der Waals surface area contributed by atoms with Gasteiger partial charge in [0.15, 0.2) is 0 Å². The van der Waals surface area contributed by atoms with Crippen molar-refractivity contribution in [1.29, 1.82) is 0 Å². The number of aliphatic carboxylic acids is 1. The van der Waals surface area contributed by atoms with Crippen LogP contribution in [0.4, 0.5) is 4.39 Å². The Kier molecular flexibility index (Phi) is 3.83. The smallest absolute Gasteiger partial charge is 0.308 e. The molecule has 0 saturated carbocycles. The number of aromatic nitrogens is 1. The standard InChI is InChI=1S/C16H17FN2O3/c17-12-3-4-14-13(7-12)11(8-18-14)6-15(20)19-5-1-2-10(9-19)16(21)22/h3-4,7-8,10,18H,1-2,5-6,9H2,(H,21,22)/t10-/m0/s1. The molecule has 1 amide bonds. The Balaban J connectivity index is 1.75. The minimum absolute atomic E-state index is 0.115. The highest BCUT2D eigenvalue weighted by Crippen LogP contribution is 2.22. The van der Waals surface area contributed by atoms with Crippen LogP contribution in [0.3, 0.4) is 0 Å². The highest BCUT2D eigenvalue weighted by molar-refractivity contribution is 5.89. The summed E-state index contributed by atoms with van der Waals surface area (Å²) in [6.45, 7) is 0.838. The lowest BCUT2D eigenvalue weighted by Crippen LogP contribution is -2.42. The average molecular weight is 304 g/mol. The van der Waals surface area contributed by atoms with Gasteiger partial charge in [0.2, 0.25) is 5.91 Å². The highest BCUT2D eigenvalue weighted by atomic mass is 19.1. The van der Waals surface area contributed by atoms with Gasteiger partial charge in [-0.3, -0.25) is 9.59 Å². The predicted molar refractivity (Wildman–Crippen MR) is 78.9 cm³/mol. The molecule has 6 heteroatoms. The minimum Gasteiger partial charge on any atom is -0.481 e. The average Bonchev–Trinajstić information content (AvgIpc) is 2.89. The Morgan fingerprint density at radius 2 is 2.23 bits per heavy atom. The van der Waals surface area contributed by atoms with Gasteiger partial charge in [-0.2, -0.15) is 0 Å². The lowest BCUT2D eigenvalue weighted by molar-refractivity contribution is -0.145. The molecule has 116 valence electrons. The van der Waals surface area contributed by atoms with Crippen LogP contribution < -0.4 is 0 Å². The number of carbonyl (C=O) groups excluding carboxylic acids is 1. The van der Waals surface area contributed by atoms with E-state index in [4.69, 9.17) is 5.11 Å². The van der Waals surface area contributed by atoms with Gasteiger partial charge in [-0.15, -0.1) is 0 Å². The van der Waals surface area contributed by atoms with Gasteiger partial charge in [-0.05, 0) is 36.6 Å². The van der Waals surface area contributed by atoms with Gasteiger partial charge in [-0.1, -0.05) is 0 Å². The van der Waals surface area contributed by atoms with Crippen molar-refractivity contribution in [3.05, 3.63) is 35.8 Å². The number of hydrogen-bond donors (Lipinski definition) is 2. The molecule has 1 aliphatic heterocycles. The topological polar surface area (TPSA) is 73.4 Å². The first-order chi connectivity index (χ1) is 10.5. The molecule has 3 rings (SSSR count). The van der Waals surface area contributed by atoms with Crippen LogP contribution in [0, 0.1) is 11.7 Å². The number of amides is 1. The van der Waals surface area contributed by atoms with Gasteiger partial charge in [0.05, 0.1) is 12.3 Å². The van der Waals surface area contributed by atoms with Gasteiger partial charge in [0.25, 0.3) is 0 Å². The van der Waals surface area contributed by atoms with Crippen LogP contribution in [0.25, 0.3) is 10.9 Å². The highest BCUT2D eigenvalue weighted by Gasteiger charge is 2.28. The molecule has 0 radical (unpaired) electrons. The van der Waals surface area contributed by atoms with Gasteiger partial charge in [-0.25, -0.2) is 4.39 Å². The van der Waals surface area contributed by atoms with Crippen molar-refractivity contribution in [1.82, 2.24) is 9.88 Å². The van der Waals surface area contributed by atoms with Crippen molar-refractivity contribution in [2.24, 2.45) is 5.92 Å². The number of carbonyl (C=O) groups is 2.